The van der Waals surface area contributed by atoms with E-state index >= 15 is 0 Å². The lowest BCUT2D eigenvalue weighted by molar-refractivity contribution is -0.137. The predicted octanol–water partition coefficient (Wildman–Crippen LogP) is 3.27. The molecule has 0 saturated heterocycles. The summed E-state index contributed by atoms with van der Waals surface area (Å²) in [5, 5.41) is 8.99. The normalized spacial score (nSPS) is 16.6. The summed E-state index contributed by atoms with van der Waals surface area (Å²) in [6.45, 7) is 1.99. The fraction of sp³-hybridized carbons (Fsp3) is 0.462. The van der Waals surface area contributed by atoms with Gasteiger partial charge in [0.1, 0.15) is 5.75 Å². The molecule has 2 rings (SSSR count). The van der Waals surface area contributed by atoms with Crippen LogP contribution in [0.4, 0.5) is 0 Å². The predicted molar refractivity (Wildman–Crippen MR) is 68.6 cm³/mol. The lowest BCUT2D eigenvalue weighted by Crippen LogP contribution is -2.14. The lowest BCUT2D eigenvalue weighted by atomic mass is 9.91. The van der Waals surface area contributed by atoms with Gasteiger partial charge in [0.15, 0.2) is 0 Å². The topological polar surface area (TPSA) is 46.5 Å². The summed E-state index contributed by atoms with van der Waals surface area (Å²) >= 11 is 3.56. The van der Waals surface area contributed by atoms with Crippen LogP contribution in [-0.2, 0) is 10.2 Å². The van der Waals surface area contributed by atoms with Crippen LogP contribution in [0.5, 0.6) is 5.75 Å². The molecule has 3 nitrogen and oxygen atoms in total. The van der Waals surface area contributed by atoms with Crippen molar-refractivity contribution in [1.82, 2.24) is 0 Å². The summed E-state index contributed by atoms with van der Waals surface area (Å²) in [6, 6.07) is 3.90. The lowest BCUT2D eigenvalue weighted by Gasteiger charge is -2.18. The smallest absolute Gasteiger partial charge is 0.304 e. The van der Waals surface area contributed by atoms with Crippen molar-refractivity contribution < 1.29 is 14.6 Å². The minimum atomic E-state index is -0.741. The van der Waals surface area contributed by atoms with Gasteiger partial charge >= 0.3 is 5.97 Å². The highest BCUT2D eigenvalue weighted by Crippen LogP contribution is 2.54. The van der Waals surface area contributed by atoms with E-state index in [9.17, 15) is 4.79 Å². The molecule has 0 aliphatic heterocycles. The Morgan fingerprint density at radius 3 is 2.65 bits per heavy atom. The largest absolute Gasteiger partial charge is 0.497 e. The molecule has 0 unspecified atom stereocenters. The molecule has 1 aliphatic rings. The fourth-order valence-corrected chi connectivity index (χ4v) is 2.87. The quantitative estimate of drug-likeness (QED) is 0.928. The molecule has 4 heteroatoms. The summed E-state index contributed by atoms with van der Waals surface area (Å²) in [6.07, 6.45) is 2.06. The van der Waals surface area contributed by atoms with Gasteiger partial charge in [-0.1, -0.05) is 15.9 Å². The average molecular weight is 299 g/mol. The minimum absolute atomic E-state index is 0.191. The van der Waals surface area contributed by atoms with Gasteiger partial charge < -0.3 is 9.84 Å². The summed E-state index contributed by atoms with van der Waals surface area (Å²) in [4.78, 5) is 10.9. The third-order valence-electron chi connectivity index (χ3n) is 3.38. The van der Waals surface area contributed by atoms with Gasteiger partial charge in [0.2, 0.25) is 0 Å². The second kappa shape index (κ2) is 4.33. The van der Waals surface area contributed by atoms with Crippen molar-refractivity contribution in [3.05, 3.63) is 27.7 Å². The number of benzene rings is 1. The van der Waals surface area contributed by atoms with E-state index in [0.29, 0.717) is 0 Å². The summed E-state index contributed by atoms with van der Waals surface area (Å²) in [5.74, 6) is 0.0484. The molecule has 0 amide bonds. The number of hydrogen-bond donors (Lipinski definition) is 1. The molecule has 92 valence electrons. The average Bonchev–Trinajstić information content (AvgIpc) is 3.01. The number of methoxy groups -OCH3 is 1. The maximum Gasteiger partial charge on any atom is 0.304 e. The van der Waals surface area contributed by atoms with Crippen LogP contribution in [0.25, 0.3) is 0 Å². The molecule has 0 radical (unpaired) electrons. The Balaban J connectivity index is 2.44. The first kappa shape index (κ1) is 12.4. The first-order valence-electron chi connectivity index (χ1n) is 5.55. The summed E-state index contributed by atoms with van der Waals surface area (Å²) in [7, 11) is 1.63. The molecule has 1 saturated carbocycles. The Morgan fingerprint density at radius 2 is 2.18 bits per heavy atom. The Hall–Kier alpha value is -1.03. The van der Waals surface area contributed by atoms with E-state index in [0.717, 1.165) is 34.2 Å². The molecule has 17 heavy (non-hydrogen) atoms. The van der Waals surface area contributed by atoms with Crippen LogP contribution in [0, 0.1) is 6.92 Å². The molecule has 0 atom stereocenters. The van der Waals surface area contributed by atoms with Crippen LogP contribution >= 0.6 is 15.9 Å². The molecule has 0 aromatic heterocycles. The van der Waals surface area contributed by atoms with Gasteiger partial charge in [0, 0.05) is 9.89 Å². The molecule has 1 aromatic carbocycles. The van der Waals surface area contributed by atoms with Crippen LogP contribution in [0.3, 0.4) is 0 Å². The molecule has 1 N–H and O–H groups in total. The zero-order valence-corrected chi connectivity index (χ0v) is 11.5. The highest BCUT2D eigenvalue weighted by Gasteiger charge is 2.47. The Kier molecular flexibility index (Phi) is 3.17. The van der Waals surface area contributed by atoms with Crippen LogP contribution in [0.15, 0.2) is 16.6 Å². The SMILES string of the molecule is COc1cc(C)c(Br)c(C2(CC(=O)O)CC2)c1. The van der Waals surface area contributed by atoms with E-state index < -0.39 is 5.97 Å². The van der Waals surface area contributed by atoms with Crippen molar-refractivity contribution in [3.8, 4) is 5.75 Å². The number of carbonyl (C=O) groups is 1. The third-order valence-corrected chi connectivity index (χ3v) is 4.43. The Labute approximate surface area is 109 Å². The van der Waals surface area contributed by atoms with Crippen molar-refractivity contribution in [2.45, 2.75) is 31.6 Å². The van der Waals surface area contributed by atoms with Crippen LogP contribution in [0.1, 0.15) is 30.4 Å². The van der Waals surface area contributed by atoms with Gasteiger partial charge in [0.05, 0.1) is 13.5 Å². The number of halogens is 1. The van der Waals surface area contributed by atoms with E-state index in [1.165, 1.54) is 0 Å². The standard InChI is InChI=1S/C13H15BrO3/c1-8-5-9(17-2)6-10(12(8)14)13(3-4-13)7-11(15)16/h5-6H,3-4,7H2,1-2H3,(H,15,16). The third kappa shape index (κ3) is 2.32. The zero-order valence-electron chi connectivity index (χ0n) is 9.92. The Bertz CT molecular complexity index is 464. The van der Waals surface area contributed by atoms with E-state index in [2.05, 4.69) is 15.9 Å². The van der Waals surface area contributed by atoms with Gasteiger partial charge in [-0.25, -0.2) is 0 Å². The summed E-state index contributed by atoms with van der Waals surface area (Å²) < 4.78 is 6.26. The first-order chi connectivity index (χ1) is 7.98. The molecular weight excluding hydrogens is 284 g/mol. The zero-order chi connectivity index (χ0) is 12.6. The molecule has 1 aliphatic carbocycles. The van der Waals surface area contributed by atoms with Crippen molar-refractivity contribution in [2.75, 3.05) is 7.11 Å². The first-order valence-corrected chi connectivity index (χ1v) is 6.34. The Morgan fingerprint density at radius 1 is 1.53 bits per heavy atom. The molecular formula is C13H15BrO3. The highest BCUT2D eigenvalue weighted by molar-refractivity contribution is 9.10. The van der Waals surface area contributed by atoms with E-state index in [1.54, 1.807) is 7.11 Å². The van der Waals surface area contributed by atoms with Gasteiger partial charge in [0.25, 0.3) is 0 Å². The van der Waals surface area contributed by atoms with Crippen molar-refractivity contribution in [3.63, 3.8) is 0 Å². The number of aryl methyl sites for hydroxylation is 1. The van der Waals surface area contributed by atoms with Crippen LogP contribution in [0.2, 0.25) is 0 Å². The summed E-state index contributed by atoms with van der Waals surface area (Å²) in [5.41, 5.74) is 1.96. The monoisotopic (exact) mass is 298 g/mol. The molecule has 0 heterocycles. The van der Waals surface area contributed by atoms with Crippen LogP contribution in [-0.4, -0.2) is 18.2 Å². The van der Waals surface area contributed by atoms with Gasteiger partial charge in [-0.3, -0.25) is 4.79 Å². The minimum Gasteiger partial charge on any atom is -0.497 e. The maximum atomic E-state index is 10.9. The molecule has 0 bridgehead atoms. The number of rotatable bonds is 4. The van der Waals surface area contributed by atoms with Crippen molar-refractivity contribution >= 4 is 21.9 Å². The number of carboxylic acids is 1. The molecule has 1 fully saturated rings. The fourth-order valence-electron chi connectivity index (χ4n) is 2.22. The maximum absolute atomic E-state index is 10.9. The number of hydrogen-bond acceptors (Lipinski definition) is 2. The van der Waals surface area contributed by atoms with E-state index in [1.807, 2.05) is 19.1 Å². The second-order valence-corrected chi connectivity index (χ2v) is 5.45. The van der Waals surface area contributed by atoms with E-state index in [-0.39, 0.29) is 11.8 Å². The van der Waals surface area contributed by atoms with Crippen molar-refractivity contribution in [1.29, 1.82) is 0 Å². The van der Waals surface area contributed by atoms with Crippen molar-refractivity contribution in [2.24, 2.45) is 0 Å². The molecule has 0 spiro atoms. The number of ether oxygens (including phenoxy) is 1. The second-order valence-electron chi connectivity index (χ2n) is 4.66. The number of aliphatic carboxylic acids is 1. The van der Waals surface area contributed by atoms with Gasteiger partial charge in [-0.2, -0.15) is 0 Å². The van der Waals surface area contributed by atoms with Gasteiger partial charge in [-0.15, -0.1) is 0 Å². The highest BCUT2D eigenvalue weighted by atomic mass is 79.9. The number of carboxylic acid groups (broad SMARTS) is 1. The molecule has 1 aromatic rings. The van der Waals surface area contributed by atoms with Gasteiger partial charge in [-0.05, 0) is 43.0 Å². The van der Waals surface area contributed by atoms with E-state index in [4.69, 9.17) is 9.84 Å². The van der Waals surface area contributed by atoms with Crippen LogP contribution < -0.4 is 4.74 Å².